The highest BCUT2D eigenvalue weighted by Crippen LogP contribution is 2.30. The van der Waals surface area contributed by atoms with Gasteiger partial charge in [-0.25, -0.2) is 4.98 Å². The van der Waals surface area contributed by atoms with Crippen molar-refractivity contribution in [3.63, 3.8) is 0 Å². The second kappa shape index (κ2) is 5.72. The molecule has 1 atom stereocenters. The Morgan fingerprint density at radius 3 is 2.85 bits per heavy atom. The monoisotopic (exact) mass is 279 g/mol. The van der Waals surface area contributed by atoms with E-state index < -0.39 is 6.04 Å². The minimum atomic E-state index is -0.487. The lowest BCUT2D eigenvalue weighted by Gasteiger charge is -2.34. The number of amides is 2. The van der Waals surface area contributed by atoms with Crippen molar-refractivity contribution in [3.05, 3.63) is 6.33 Å². The van der Waals surface area contributed by atoms with Gasteiger partial charge in [-0.05, 0) is 13.3 Å². The number of carbonyl (C=O) groups is 2. The molecule has 2 rings (SSSR count). The standard InChI is InChI=1S/C12H17N5O3/c1-3-7-11(19)16-8(18)5-17(7)10-9(13)12(20-4-2)15-6-14-10/h6-7H,3-5,13H2,1-2H3,(H,16,18,19). The zero-order valence-corrected chi connectivity index (χ0v) is 11.4. The average molecular weight is 279 g/mol. The molecule has 8 nitrogen and oxygen atoms in total. The van der Waals surface area contributed by atoms with Crippen LogP contribution in [-0.4, -0.2) is 41.0 Å². The number of hydrogen-bond donors (Lipinski definition) is 2. The Bertz CT molecular complexity index is 534. The molecule has 1 aromatic heterocycles. The van der Waals surface area contributed by atoms with E-state index in [-0.39, 0.29) is 29.9 Å². The summed E-state index contributed by atoms with van der Waals surface area (Å²) in [6, 6.07) is -0.487. The van der Waals surface area contributed by atoms with E-state index >= 15 is 0 Å². The van der Waals surface area contributed by atoms with Gasteiger partial charge in [-0.15, -0.1) is 0 Å². The molecule has 1 aliphatic heterocycles. The smallest absolute Gasteiger partial charge is 0.249 e. The van der Waals surface area contributed by atoms with Crippen LogP contribution in [0.1, 0.15) is 20.3 Å². The molecule has 108 valence electrons. The Balaban J connectivity index is 2.40. The summed E-state index contributed by atoms with van der Waals surface area (Å²) >= 11 is 0. The zero-order valence-electron chi connectivity index (χ0n) is 11.4. The van der Waals surface area contributed by atoms with Crippen LogP contribution in [-0.2, 0) is 9.59 Å². The van der Waals surface area contributed by atoms with Crippen molar-refractivity contribution >= 4 is 23.3 Å². The first kappa shape index (κ1) is 14.0. The van der Waals surface area contributed by atoms with Gasteiger partial charge in [-0.3, -0.25) is 14.9 Å². The van der Waals surface area contributed by atoms with E-state index in [4.69, 9.17) is 10.5 Å². The van der Waals surface area contributed by atoms with Crippen molar-refractivity contribution < 1.29 is 14.3 Å². The van der Waals surface area contributed by atoms with Crippen molar-refractivity contribution in [1.82, 2.24) is 15.3 Å². The second-order valence-corrected chi connectivity index (χ2v) is 4.31. The number of ether oxygens (including phenoxy) is 1. The minimum absolute atomic E-state index is 0.0248. The van der Waals surface area contributed by atoms with Crippen LogP contribution in [0.2, 0.25) is 0 Å². The third kappa shape index (κ3) is 2.49. The number of nitrogens with one attached hydrogen (secondary N) is 1. The van der Waals surface area contributed by atoms with E-state index in [9.17, 15) is 9.59 Å². The third-order valence-corrected chi connectivity index (χ3v) is 3.02. The van der Waals surface area contributed by atoms with Crippen LogP contribution in [0, 0.1) is 0 Å². The number of imide groups is 1. The minimum Gasteiger partial charge on any atom is -0.476 e. The van der Waals surface area contributed by atoms with Gasteiger partial charge in [-0.1, -0.05) is 6.92 Å². The Morgan fingerprint density at radius 1 is 1.45 bits per heavy atom. The fourth-order valence-corrected chi connectivity index (χ4v) is 2.15. The quantitative estimate of drug-likeness (QED) is 0.728. The van der Waals surface area contributed by atoms with E-state index in [2.05, 4.69) is 15.3 Å². The Hall–Kier alpha value is -2.38. The van der Waals surface area contributed by atoms with Gasteiger partial charge in [0, 0.05) is 0 Å². The molecule has 3 N–H and O–H groups in total. The fraction of sp³-hybridized carbons (Fsp3) is 0.500. The number of carbonyl (C=O) groups excluding carboxylic acids is 2. The number of hydrogen-bond acceptors (Lipinski definition) is 7. The van der Waals surface area contributed by atoms with Gasteiger partial charge >= 0.3 is 0 Å². The molecule has 2 amide bonds. The molecule has 8 heteroatoms. The fourth-order valence-electron chi connectivity index (χ4n) is 2.15. The summed E-state index contributed by atoms with van der Waals surface area (Å²) in [6.07, 6.45) is 1.84. The van der Waals surface area contributed by atoms with Crippen molar-refractivity contribution in [1.29, 1.82) is 0 Å². The molecule has 1 aromatic rings. The van der Waals surface area contributed by atoms with E-state index in [0.717, 1.165) is 0 Å². The molecule has 1 saturated heterocycles. The van der Waals surface area contributed by atoms with Crippen molar-refractivity contribution in [2.75, 3.05) is 23.8 Å². The molecule has 0 aliphatic carbocycles. The molecule has 1 fully saturated rings. The van der Waals surface area contributed by atoms with Crippen LogP contribution < -0.4 is 20.7 Å². The van der Waals surface area contributed by atoms with Crippen LogP contribution in [0.3, 0.4) is 0 Å². The topological polar surface area (TPSA) is 110 Å². The molecule has 0 bridgehead atoms. The van der Waals surface area contributed by atoms with Crippen LogP contribution >= 0.6 is 0 Å². The lowest BCUT2D eigenvalue weighted by Crippen LogP contribution is -2.58. The van der Waals surface area contributed by atoms with E-state index in [1.165, 1.54) is 6.33 Å². The van der Waals surface area contributed by atoms with Crippen LogP contribution in [0.4, 0.5) is 11.5 Å². The number of nitrogens with two attached hydrogens (primary N) is 1. The van der Waals surface area contributed by atoms with Crippen LogP contribution in [0.25, 0.3) is 0 Å². The largest absolute Gasteiger partial charge is 0.476 e. The normalized spacial score (nSPS) is 18.9. The van der Waals surface area contributed by atoms with Crippen molar-refractivity contribution in [3.8, 4) is 5.88 Å². The van der Waals surface area contributed by atoms with Crippen LogP contribution in [0.5, 0.6) is 5.88 Å². The molecule has 20 heavy (non-hydrogen) atoms. The second-order valence-electron chi connectivity index (χ2n) is 4.31. The van der Waals surface area contributed by atoms with Gasteiger partial charge in [0.25, 0.3) is 0 Å². The summed E-state index contributed by atoms with van der Waals surface area (Å²) in [5.74, 6) is -0.125. The first-order chi connectivity index (χ1) is 9.58. The summed E-state index contributed by atoms with van der Waals surface area (Å²) in [4.78, 5) is 33.0. The Labute approximate surface area is 116 Å². The summed E-state index contributed by atoms with van der Waals surface area (Å²) < 4.78 is 5.30. The molecule has 1 unspecified atom stereocenters. The highest BCUT2D eigenvalue weighted by Gasteiger charge is 2.34. The van der Waals surface area contributed by atoms with Gasteiger partial charge in [-0.2, -0.15) is 4.98 Å². The predicted molar refractivity (Wildman–Crippen MR) is 72.2 cm³/mol. The molecule has 2 heterocycles. The Morgan fingerprint density at radius 2 is 2.20 bits per heavy atom. The summed E-state index contributed by atoms with van der Waals surface area (Å²) in [5, 5.41) is 2.30. The first-order valence-corrected chi connectivity index (χ1v) is 6.42. The SMILES string of the molecule is CCOc1ncnc(N2CC(=O)NC(=O)C2CC)c1N. The van der Waals surface area contributed by atoms with E-state index in [1.54, 1.807) is 4.90 Å². The molecule has 1 aliphatic rings. The lowest BCUT2D eigenvalue weighted by molar-refractivity contribution is -0.132. The summed E-state index contributed by atoms with van der Waals surface area (Å²) in [6.45, 7) is 4.11. The first-order valence-electron chi connectivity index (χ1n) is 6.42. The molecule has 0 spiro atoms. The molecular formula is C12H17N5O3. The molecule has 0 aromatic carbocycles. The molecular weight excluding hydrogens is 262 g/mol. The number of aromatic nitrogens is 2. The van der Waals surface area contributed by atoms with Crippen molar-refractivity contribution in [2.24, 2.45) is 0 Å². The predicted octanol–water partition coefficient (Wildman–Crippen LogP) is -0.301. The maximum atomic E-state index is 11.9. The van der Waals surface area contributed by atoms with Gasteiger partial charge in [0.1, 0.15) is 18.1 Å². The highest BCUT2D eigenvalue weighted by atomic mass is 16.5. The summed E-state index contributed by atoms with van der Waals surface area (Å²) in [7, 11) is 0. The van der Waals surface area contributed by atoms with E-state index in [0.29, 0.717) is 18.8 Å². The van der Waals surface area contributed by atoms with Gasteiger partial charge < -0.3 is 15.4 Å². The van der Waals surface area contributed by atoms with E-state index in [1.807, 2.05) is 13.8 Å². The maximum Gasteiger partial charge on any atom is 0.249 e. The maximum absolute atomic E-state index is 11.9. The number of piperazine rings is 1. The van der Waals surface area contributed by atoms with Crippen LogP contribution in [0.15, 0.2) is 6.33 Å². The highest BCUT2D eigenvalue weighted by molar-refractivity contribution is 6.05. The van der Waals surface area contributed by atoms with Gasteiger partial charge in [0.2, 0.25) is 17.7 Å². The molecule has 0 saturated carbocycles. The van der Waals surface area contributed by atoms with Gasteiger partial charge in [0.15, 0.2) is 5.82 Å². The number of nitrogens with zero attached hydrogens (tertiary/aromatic N) is 3. The summed E-state index contributed by atoms with van der Waals surface area (Å²) in [5.41, 5.74) is 6.21. The number of nitrogen functional groups attached to an aromatic ring is 1. The lowest BCUT2D eigenvalue weighted by atomic mass is 10.1. The number of anilines is 2. The van der Waals surface area contributed by atoms with Gasteiger partial charge in [0.05, 0.1) is 13.2 Å². The Kier molecular flexibility index (Phi) is 4.02. The molecule has 0 radical (unpaired) electrons. The average Bonchev–Trinajstić information content (AvgIpc) is 2.40. The van der Waals surface area contributed by atoms with Crippen molar-refractivity contribution in [2.45, 2.75) is 26.3 Å². The zero-order chi connectivity index (χ0) is 14.7. The number of rotatable bonds is 4. The third-order valence-electron chi connectivity index (χ3n) is 3.02.